The fourth-order valence-electron chi connectivity index (χ4n) is 4.10. The SMILES string of the molecule is CC(C)CCC(NCC1CCCCC1)c1ccc(Oc2ccc(C(N)=O)cn2)c(F)c1. The highest BCUT2D eigenvalue weighted by molar-refractivity contribution is 5.92. The maximum absolute atomic E-state index is 14.8. The van der Waals surface area contributed by atoms with Gasteiger partial charge in [-0.1, -0.05) is 39.2 Å². The first-order chi connectivity index (χ1) is 14.9. The van der Waals surface area contributed by atoms with E-state index in [9.17, 15) is 9.18 Å². The van der Waals surface area contributed by atoms with Crippen LogP contribution < -0.4 is 15.8 Å². The molecule has 0 spiro atoms. The molecule has 1 amide bonds. The molecule has 2 aromatic rings. The second-order valence-corrected chi connectivity index (χ2v) is 8.98. The van der Waals surface area contributed by atoms with Crippen molar-refractivity contribution in [1.82, 2.24) is 10.3 Å². The summed E-state index contributed by atoms with van der Waals surface area (Å²) in [5.41, 5.74) is 6.44. The van der Waals surface area contributed by atoms with E-state index in [0.29, 0.717) is 5.92 Å². The Morgan fingerprint density at radius 2 is 1.97 bits per heavy atom. The quantitative estimate of drug-likeness (QED) is 0.505. The summed E-state index contributed by atoms with van der Waals surface area (Å²) in [5, 5.41) is 3.71. The highest BCUT2D eigenvalue weighted by Crippen LogP contribution is 2.30. The summed E-state index contributed by atoms with van der Waals surface area (Å²) in [6.07, 6.45) is 9.93. The molecule has 1 atom stereocenters. The highest BCUT2D eigenvalue weighted by atomic mass is 19.1. The summed E-state index contributed by atoms with van der Waals surface area (Å²) >= 11 is 0. The van der Waals surface area contributed by atoms with Gasteiger partial charge in [0.05, 0.1) is 5.56 Å². The van der Waals surface area contributed by atoms with Crippen LogP contribution >= 0.6 is 0 Å². The van der Waals surface area contributed by atoms with Gasteiger partial charge in [0.25, 0.3) is 0 Å². The summed E-state index contributed by atoms with van der Waals surface area (Å²) in [5.74, 6) is 0.648. The minimum Gasteiger partial charge on any atom is -0.436 e. The first-order valence-electron chi connectivity index (χ1n) is 11.4. The van der Waals surface area contributed by atoms with Gasteiger partial charge in [0.15, 0.2) is 11.6 Å². The maximum atomic E-state index is 14.8. The van der Waals surface area contributed by atoms with Crippen LogP contribution in [0.3, 0.4) is 0 Å². The van der Waals surface area contributed by atoms with Crippen molar-refractivity contribution in [3.05, 3.63) is 53.5 Å². The molecular weight excluding hydrogens is 393 g/mol. The van der Waals surface area contributed by atoms with Crippen LogP contribution in [0.1, 0.15) is 80.8 Å². The number of nitrogens with two attached hydrogens (primary N) is 1. The van der Waals surface area contributed by atoms with Crippen LogP contribution in [0.5, 0.6) is 11.6 Å². The number of ether oxygens (including phenoxy) is 1. The number of pyridine rings is 1. The molecule has 168 valence electrons. The molecule has 1 saturated carbocycles. The van der Waals surface area contributed by atoms with E-state index in [1.807, 2.05) is 6.07 Å². The lowest BCUT2D eigenvalue weighted by Gasteiger charge is -2.26. The number of halogens is 1. The van der Waals surface area contributed by atoms with E-state index in [4.69, 9.17) is 10.5 Å². The predicted molar refractivity (Wildman–Crippen MR) is 121 cm³/mol. The smallest absolute Gasteiger partial charge is 0.250 e. The molecule has 1 aliphatic rings. The van der Waals surface area contributed by atoms with E-state index < -0.39 is 11.7 Å². The zero-order chi connectivity index (χ0) is 22.2. The average Bonchev–Trinajstić information content (AvgIpc) is 2.76. The number of hydrogen-bond donors (Lipinski definition) is 2. The number of aromatic nitrogens is 1. The molecule has 1 heterocycles. The summed E-state index contributed by atoms with van der Waals surface area (Å²) < 4.78 is 20.4. The van der Waals surface area contributed by atoms with Crippen LogP contribution in [0.25, 0.3) is 0 Å². The van der Waals surface area contributed by atoms with Gasteiger partial charge >= 0.3 is 0 Å². The van der Waals surface area contributed by atoms with Crippen LogP contribution in [-0.2, 0) is 0 Å². The molecule has 6 heteroatoms. The van der Waals surface area contributed by atoms with Crippen molar-refractivity contribution in [1.29, 1.82) is 0 Å². The summed E-state index contributed by atoms with van der Waals surface area (Å²) in [4.78, 5) is 15.2. The Hall–Kier alpha value is -2.47. The molecule has 1 aliphatic carbocycles. The number of nitrogens with one attached hydrogen (secondary N) is 1. The molecule has 5 nitrogen and oxygen atoms in total. The first-order valence-corrected chi connectivity index (χ1v) is 11.4. The molecule has 0 bridgehead atoms. The van der Waals surface area contributed by atoms with Gasteiger partial charge in [0.1, 0.15) is 0 Å². The van der Waals surface area contributed by atoms with Crippen LogP contribution in [0, 0.1) is 17.7 Å². The van der Waals surface area contributed by atoms with Gasteiger partial charge in [-0.25, -0.2) is 9.37 Å². The van der Waals surface area contributed by atoms with Crippen molar-refractivity contribution >= 4 is 5.91 Å². The number of nitrogens with zero attached hydrogens (tertiary/aromatic N) is 1. The Balaban J connectivity index is 1.68. The van der Waals surface area contributed by atoms with Crippen molar-refractivity contribution in [3.63, 3.8) is 0 Å². The third-order valence-electron chi connectivity index (χ3n) is 6.00. The van der Waals surface area contributed by atoms with E-state index >= 15 is 0 Å². The topological polar surface area (TPSA) is 77.2 Å². The minimum atomic E-state index is -0.567. The van der Waals surface area contributed by atoms with Gasteiger partial charge in [-0.15, -0.1) is 0 Å². The van der Waals surface area contributed by atoms with E-state index in [2.05, 4.69) is 24.1 Å². The molecule has 1 unspecified atom stereocenters. The normalized spacial score (nSPS) is 15.7. The van der Waals surface area contributed by atoms with Crippen LogP contribution in [-0.4, -0.2) is 17.4 Å². The van der Waals surface area contributed by atoms with E-state index in [1.54, 1.807) is 12.1 Å². The molecule has 1 aromatic heterocycles. The van der Waals surface area contributed by atoms with Crippen molar-refractivity contribution in [2.75, 3.05) is 6.54 Å². The lowest BCUT2D eigenvalue weighted by Crippen LogP contribution is -2.29. The van der Waals surface area contributed by atoms with Gasteiger partial charge in [-0.05, 0) is 67.8 Å². The summed E-state index contributed by atoms with van der Waals surface area (Å²) in [6, 6.07) is 8.28. The number of benzene rings is 1. The standard InChI is InChI=1S/C25H34FN3O2/c1-17(2)8-11-22(28-15-18-6-4-3-5-7-18)19-9-12-23(21(26)14-19)31-24-13-10-20(16-29-24)25(27)30/h9-10,12-14,16-18,22,28H,3-8,11,15H2,1-2H3,(H2,27,30). The first kappa shape index (κ1) is 23.2. The number of hydrogen-bond acceptors (Lipinski definition) is 4. The number of primary amides is 1. The minimum absolute atomic E-state index is 0.109. The number of carbonyl (C=O) groups is 1. The van der Waals surface area contributed by atoms with Crippen LogP contribution in [0.15, 0.2) is 36.5 Å². The zero-order valence-corrected chi connectivity index (χ0v) is 18.6. The molecule has 1 aromatic carbocycles. The number of carbonyl (C=O) groups excluding carboxylic acids is 1. The zero-order valence-electron chi connectivity index (χ0n) is 18.6. The molecular formula is C25H34FN3O2. The molecule has 0 radical (unpaired) electrons. The third kappa shape index (κ3) is 7.03. The predicted octanol–water partition coefficient (Wildman–Crippen LogP) is 5.76. The van der Waals surface area contributed by atoms with Gasteiger partial charge < -0.3 is 15.8 Å². The van der Waals surface area contributed by atoms with E-state index in [-0.39, 0.29) is 23.2 Å². The Bertz CT molecular complexity index is 848. The van der Waals surface area contributed by atoms with E-state index in [1.165, 1.54) is 50.4 Å². The third-order valence-corrected chi connectivity index (χ3v) is 6.00. The van der Waals surface area contributed by atoms with Gasteiger partial charge in [-0.2, -0.15) is 0 Å². The highest BCUT2D eigenvalue weighted by Gasteiger charge is 2.19. The molecule has 3 N–H and O–H groups in total. The summed E-state index contributed by atoms with van der Waals surface area (Å²) in [6.45, 7) is 5.41. The second-order valence-electron chi connectivity index (χ2n) is 8.98. The number of amides is 1. The monoisotopic (exact) mass is 427 g/mol. The van der Waals surface area contributed by atoms with Gasteiger partial charge in [-0.3, -0.25) is 4.79 Å². The molecule has 1 fully saturated rings. The Kier molecular flexibility index (Phi) is 8.41. The Morgan fingerprint density at radius 1 is 1.19 bits per heavy atom. The van der Waals surface area contributed by atoms with E-state index in [0.717, 1.165) is 30.9 Å². The van der Waals surface area contributed by atoms with Crippen molar-refractivity contribution in [3.8, 4) is 11.6 Å². The molecule has 0 saturated heterocycles. The van der Waals surface area contributed by atoms with Crippen molar-refractivity contribution in [2.45, 2.75) is 64.8 Å². The fraction of sp³-hybridized carbons (Fsp3) is 0.520. The fourth-order valence-corrected chi connectivity index (χ4v) is 4.10. The van der Waals surface area contributed by atoms with Crippen molar-refractivity contribution < 1.29 is 13.9 Å². The lowest BCUT2D eigenvalue weighted by molar-refractivity contribution is 0.1000. The molecule has 0 aliphatic heterocycles. The average molecular weight is 428 g/mol. The Labute approximate surface area is 184 Å². The molecule has 31 heavy (non-hydrogen) atoms. The second kappa shape index (κ2) is 11.2. The maximum Gasteiger partial charge on any atom is 0.250 e. The van der Waals surface area contributed by atoms with Gasteiger partial charge in [0, 0.05) is 18.3 Å². The van der Waals surface area contributed by atoms with Crippen LogP contribution in [0.4, 0.5) is 4.39 Å². The largest absolute Gasteiger partial charge is 0.436 e. The van der Waals surface area contributed by atoms with Gasteiger partial charge in [0.2, 0.25) is 11.8 Å². The Morgan fingerprint density at radius 3 is 2.58 bits per heavy atom. The number of rotatable bonds is 10. The van der Waals surface area contributed by atoms with Crippen LogP contribution in [0.2, 0.25) is 0 Å². The lowest BCUT2D eigenvalue weighted by atomic mass is 9.88. The summed E-state index contributed by atoms with van der Waals surface area (Å²) in [7, 11) is 0. The van der Waals surface area contributed by atoms with Crippen molar-refractivity contribution in [2.24, 2.45) is 17.6 Å². The molecule has 3 rings (SSSR count).